The minimum Gasteiger partial charge on any atom is -0.390 e. The fourth-order valence-corrected chi connectivity index (χ4v) is 1.18. The first-order valence-electron chi connectivity index (χ1n) is 4.13. The van der Waals surface area contributed by atoms with Crippen LogP contribution in [-0.2, 0) is 20.1 Å². The Bertz CT molecular complexity index is 255. The first-order chi connectivity index (χ1) is 5.65. The van der Waals surface area contributed by atoms with Gasteiger partial charge in [0.15, 0.2) is 0 Å². The number of aliphatic hydroxyl groups is 1. The zero-order chi connectivity index (χ0) is 9.14. The molecule has 12 heavy (non-hydrogen) atoms. The molecule has 1 rings (SSSR count). The molecule has 0 aromatic carbocycles. The van der Waals surface area contributed by atoms with Crippen LogP contribution in [0, 0.1) is 5.92 Å². The number of aryl methyl sites for hydroxylation is 1. The number of aliphatic hydroxyl groups excluding tert-OH is 1. The zero-order valence-electron chi connectivity index (χ0n) is 7.78. The van der Waals surface area contributed by atoms with Gasteiger partial charge in [-0.2, -0.15) is 0 Å². The van der Waals surface area contributed by atoms with E-state index < -0.39 is 0 Å². The Morgan fingerprint density at radius 1 is 1.50 bits per heavy atom. The van der Waals surface area contributed by atoms with Crippen LogP contribution in [0.2, 0.25) is 0 Å². The van der Waals surface area contributed by atoms with Crippen LogP contribution < -0.4 is 0 Å². The summed E-state index contributed by atoms with van der Waals surface area (Å²) >= 11 is 0. The Kier molecular flexibility index (Phi) is 2.81. The minimum atomic E-state index is -0.0180. The molecule has 1 N–H and O–H groups in total. The minimum absolute atomic E-state index is 0.0180. The lowest BCUT2D eigenvalue weighted by atomic mass is 10.1. The van der Waals surface area contributed by atoms with Crippen molar-refractivity contribution in [2.24, 2.45) is 13.0 Å². The van der Waals surface area contributed by atoms with Crippen LogP contribution in [0.3, 0.4) is 0 Å². The fourth-order valence-electron chi connectivity index (χ4n) is 1.18. The highest BCUT2D eigenvalue weighted by Crippen LogP contribution is 2.10. The van der Waals surface area contributed by atoms with E-state index >= 15 is 0 Å². The Labute approximate surface area is 72.2 Å². The quantitative estimate of drug-likeness (QED) is 0.717. The van der Waals surface area contributed by atoms with Crippen LogP contribution in [0.1, 0.15) is 25.2 Å². The average Bonchev–Trinajstić information content (AvgIpc) is 2.32. The van der Waals surface area contributed by atoms with Crippen LogP contribution in [-0.4, -0.2) is 20.1 Å². The van der Waals surface area contributed by atoms with Gasteiger partial charge in [-0.25, -0.2) is 0 Å². The third-order valence-electron chi connectivity index (χ3n) is 1.77. The van der Waals surface area contributed by atoms with E-state index in [4.69, 9.17) is 5.11 Å². The van der Waals surface area contributed by atoms with E-state index in [-0.39, 0.29) is 6.61 Å². The summed E-state index contributed by atoms with van der Waals surface area (Å²) in [6.45, 7) is 4.25. The number of rotatable bonds is 3. The number of nitrogens with zero attached hydrogens (tertiary/aromatic N) is 3. The molecular formula is C8H15N3O. The molecule has 0 bridgehead atoms. The maximum Gasteiger partial charge on any atom is 0.111 e. The molecule has 0 saturated heterocycles. The van der Waals surface area contributed by atoms with E-state index in [1.807, 2.05) is 7.05 Å². The van der Waals surface area contributed by atoms with Crippen LogP contribution in [0.5, 0.6) is 0 Å². The fraction of sp³-hybridized carbons (Fsp3) is 0.750. The van der Waals surface area contributed by atoms with E-state index in [0.717, 1.165) is 12.1 Å². The van der Waals surface area contributed by atoms with Gasteiger partial charge >= 0.3 is 0 Å². The molecule has 0 spiro atoms. The number of aromatic nitrogens is 3. The van der Waals surface area contributed by atoms with Crippen molar-refractivity contribution in [3.8, 4) is 0 Å². The van der Waals surface area contributed by atoms with Crippen molar-refractivity contribution >= 4 is 0 Å². The van der Waals surface area contributed by atoms with Gasteiger partial charge < -0.3 is 5.11 Å². The van der Waals surface area contributed by atoms with E-state index in [0.29, 0.717) is 11.6 Å². The lowest BCUT2D eigenvalue weighted by molar-refractivity contribution is 0.275. The third kappa shape index (κ3) is 1.82. The highest BCUT2D eigenvalue weighted by atomic mass is 16.3. The van der Waals surface area contributed by atoms with Gasteiger partial charge in [0.05, 0.1) is 12.3 Å². The van der Waals surface area contributed by atoms with Gasteiger partial charge in [0.25, 0.3) is 0 Å². The van der Waals surface area contributed by atoms with Gasteiger partial charge in [-0.3, -0.25) is 4.68 Å². The monoisotopic (exact) mass is 169 g/mol. The molecule has 0 aliphatic rings. The lowest BCUT2D eigenvalue weighted by Gasteiger charge is -2.05. The second-order valence-corrected chi connectivity index (χ2v) is 3.36. The predicted molar refractivity (Wildman–Crippen MR) is 45.5 cm³/mol. The van der Waals surface area contributed by atoms with Crippen molar-refractivity contribution in [1.29, 1.82) is 0 Å². The van der Waals surface area contributed by atoms with Gasteiger partial charge in [0.1, 0.15) is 5.69 Å². The van der Waals surface area contributed by atoms with Crippen molar-refractivity contribution in [2.45, 2.75) is 26.9 Å². The summed E-state index contributed by atoms with van der Waals surface area (Å²) in [5.41, 5.74) is 1.73. The van der Waals surface area contributed by atoms with E-state index in [9.17, 15) is 0 Å². The van der Waals surface area contributed by atoms with Crippen LogP contribution >= 0.6 is 0 Å². The molecule has 0 fully saturated rings. The molecule has 1 aromatic heterocycles. The number of hydrogen-bond donors (Lipinski definition) is 1. The highest BCUT2D eigenvalue weighted by Gasteiger charge is 2.10. The third-order valence-corrected chi connectivity index (χ3v) is 1.77. The van der Waals surface area contributed by atoms with Crippen molar-refractivity contribution in [1.82, 2.24) is 15.0 Å². The summed E-state index contributed by atoms with van der Waals surface area (Å²) < 4.78 is 1.73. The molecule has 0 aliphatic carbocycles. The molecule has 0 amide bonds. The topological polar surface area (TPSA) is 50.9 Å². The van der Waals surface area contributed by atoms with Crippen LogP contribution in [0.4, 0.5) is 0 Å². The number of hydrogen-bond acceptors (Lipinski definition) is 3. The molecule has 0 atom stereocenters. The van der Waals surface area contributed by atoms with Crippen molar-refractivity contribution in [3.05, 3.63) is 11.4 Å². The van der Waals surface area contributed by atoms with Gasteiger partial charge in [-0.1, -0.05) is 19.1 Å². The van der Waals surface area contributed by atoms with Gasteiger partial charge in [-0.05, 0) is 12.3 Å². The second kappa shape index (κ2) is 3.67. The normalized spacial score (nSPS) is 11.1. The summed E-state index contributed by atoms with van der Waals surface area (Å²) in [6, 6.07) is 0. The molecule has 0 unspecified atom stereocenters. The molecular weight excluding hydrogens is 154 g/mol. The van der Waals surface area contributed by atoms with Crippen molar-refractivity contribution in [2.75, 3.05) is 0 Å². The zero-order valence-corrected chi connectivity index (χ0v) is 7.78. The maximum atomic E-state index is 8.93. The largest absolute Gasteiger partial charge is 0.390 e. The van der Waals surface area contributed by atoms with Gasteiger partial charge in [-0.15, -0.1) is 5.10 Å². The van der Waals surface area contributed by atoms with E-state index in [2.05, 4.69) is 24.2 Å². The first-order valence-corrected chi connectivity index (χ1v) is 4.13. The van der Waals surface area contributed by atoms with Crippen LogP contribution in [0.15, 0.2) is 0 Å². The predicted octanol–water partition coefficient (Wildman–Crippen LogP) is 0.506. The standard InChI is InChI=1S/C8H15N3O/c1-6(2)4-8-7(5-12)9-10-11(8)3/h6,12H,4-5H2,1-3H3. The summed E-state index contributed by atoms with van der Waals surface area (Å²) in [5.74, 6) is 0.562. The molecule has 1 aromatic rings. The highest BCUT2D eigenvalue weighted by molar-refractivity contribution is 5.09. The molecule has 0 saturated carbocycles. The molecule has 68 valence electrons. The Morgan fingerprint density at radius 3 is 2.67 bits per heavy atom. The van der Waals surface area contributed by atoms with Gasteiger partial charge in [0.2, 0.25) is 0 Å². The second-order valence-electron chi connectivity index (χ2n) is 3.36. The van der Waals surface area contributed by atoms with Gasteiger partial charge in [0, 0.05) is 7.05 Å². The average molecular weight is 169 g/mol. The summed E-state index contributed by atoms with van der Waals surface area (Å²) in [6.07, 6.45) is 0.916. The van der Waals surface area contributed by atoms with E-state index in [1.165, 1.54) is 0 Å². The van der Waals surface area contributed by atoms with E-state index in [1.54, 1.807) is 4.68 Å². The maximum absolute atomic E-state index is 8.93. The Balaban J connectivity index is 2.86. The first kappa shape index (κ1) is 9.19. The molecule has 4 nitrogen and oxygen atoms in total. The summed E-state index contributed by atoms with van der Waals surface area (Å²) in [5, 5.41) is 16.6. The molecule has 1 heterocycles. The summed E-state index contributed by atoms with van der Waals surface area (Å²) in [7, 11) is 1.85. The Morgan fingerprint density at radius 2 is 2.17 bits per heavy atom. The SMILES string of the molecule is CC(C)Cc1c(CO)nnn1C. The molecule has 4 heteroatoms. The van der Waals surface area contributed by atoms with Crippen molar-refractivity contribution in [3.63, 3.8) is 0 Å². The summed E-state index contributed by atoms with van der Waals surface area (Å²) in [4.78, 5) is 0. The van der Waals surface area contributed by atoms with Crippen LogP contribution in [0.25, 0.3) is 0 Å². The Hall–Kier alpha value is -0.900. The van der Waals surface area contributed by atoms with Crippen molar-refractivity contribution < 1.29 is 5.11 Å². The lowest BCUT2D eigenvalue weighted by Crippen LogP contribution is -2.04. The smallest absolute Gasteiger partial charge is 0.111 e. The molecule has 0 aliphatic heterocycles. The molecule has 0 radical (unpaired) electrons.